The van der Waals surface area contributed by atoms with Gasteiger partial charge in [-0.25, -0.2) is 8.42 Å². The van der Waals surface area contributed by atoms with Crippen LogP contribution in [0.5, 0.6) is 0 Å². The van der Waals surface area contributed by atoms with Gasteiger partial charge in [0.05, 0.1) is 22.4 Å². The SMILES string of the molecule is CN(CC(=O)N(C1CCCC1)[C@H]1CCS(=O)(=O)C1)Cc1ccc(Cl)s1. The first-order valence-corrected chi connectivity index (χ1v) is 11.8. The highest BCUT2D eigenvalue weighted by atomic mass is 35.5. The van der Waals surface area contributed by atoms with E-state index in [4.69, 9.17) is 11.6 Å². The molecule has 2 fully saturated rings. The zero-order valence-corrected chi connectivity index (χ0v) is 16.9. The number of hydrogen-bond acceptors (Lipinski definition) is 5. The average molecular weight is 405 g/mol. The average Bonchev–Trinajstić information content (AvgIpc) is 3.23. The fourth-order valence-corrected chi connectivity index (χ4v) is 6.83. The van der Waals surface area contributed by atoms with Crippen LogP contribution in [0.2, 0.25) is 4.34 Å². The van der Waals surface area contributed by atoms with Gasteiger partial charge in [-0.05, 0) is 38.4 Å². The van der Waals surface area contributed by atoms with Gasteiger partial charge in [-0.3, -0.25) is 9.69 Å². The van der Waals surface area contributed by atoms with Gasteiger partial charge < -0.3 is 4.90 Å². The minimum absolute atomic E-state index is 0.0548. The number of rotatable bonds is 6. The maximum atomic E-state index is 13.0. The Morgan fingerprint density at radius 3 is 2.52 bits per heavy atom. The zero-order valence-electron chi connectivity index (χ0n) is 14.5. The van der Waals surface area contributed by atoms with Crippen LogP contribution >= 0.6 is 22.9 Å². The molecular formula is C17H25ClN2O3S2. The van der Waals surface area contributed by atoms with E-state index in [1.807, 2.05) is 29.0 Å². The fourth-order valence-electron chi connectivity index (χ4n) is 3.95. The van der Waals surface area contributed by atoms with Crippen LogP contribution in [0.3, 0.4) is 0 Å². The van der Waals surface area contributed by atoms with Gasteiger partial charge in [0.1, 0.15) is 0 Å². The van der Waals surface area contributed by atoms with Crippen molar-refractivity contribution in [1.29, 1.82) is 0 Å². The monoisotopic (exact) mass is 404 g/mol. The molecule has 1 aromatic heterocycles. The molecule has 2 aliphatic rings. The third-order valence-corrected chi connectivity index (χ3v) is 8.03. The first-order valence-electron chi connectivity index (χ1n) is 8.78. The highest BCUT2D eigenvalue weighted by molar-refractivity contribution is 7.91. The molecule has 0 spiro atoms. The van der Waals surface area contributed by atoms with Crippen molar-refractivity contribution in [1.82, 2.24) is 9.80 Å². The standard InChI is InChI=1S/C17H25ClN2O3S2/c1-19(10-15-6-7-16(18)24-15)11-17(21)20(13-4-2-3-5-13)14-8-9-25(22,23)12-14/h6-7,13-14H,2-5,8-12H2,1H3/t14-/m0/s1. The van der Waals surface area contributed by atoms with Crippen LogP contribution in [0.15, 0.2) is 12.1 Å². The van der Waals surface area contributed by atoms with Crippen LogP contribution in [0.4, 0.5) is 0 Å². The predicted molar refractivity (Wildman–Crippen MR) is 102 cm³/mol. The maximum absolute atomic E-state index is 13.0. The largest absolute Gasteiger partial charge is 0.335 e. The Hall–Kier alpha value is -0.630. The lowest BCUT2D eigenvalue weighted by molar-refractivity contribution is -0.136. The van der Waals surface area contributed by atoms with E-state index in [2.05, 4.69) is 0 Å². The molecule has 1 aromatic rings. The van der Waals surface area contributed by atoms with Gasteiger partial charge in [-0.15, -0.1) is 11.3 Å². The molecule has 25 heavy (non-hydrogen) atoms. The van der Waals surface area contributed by atoms with Crippen LogP contribution in [0.25, 0.3) is 0 Å². The normalized spacial score (nSPS) is 23.4. The van der Waals surface area contributed by atoms with Gasteiger partial charge in [0, 0.05) is 23.5 Å². The molecule has 0 radical (unpaired) electrons. The Morgan fingerprint density at radius 1 is 1.24 bits per heavy atom. The summed E-state index contributed by atoms with van der Waals surface area (Å²) in [6, 6.07) is 3.90. The quantitative estimate of drug-likeness (QED) is 0.731. The van der Waals surface area contributed by atoms with Crippen LogP contribution in [-0.2, 0) is 21.2 Å². The zero-order chi connectivity index (χ0) is 18.0. The number of thiophene rings is 1. The minimum Gasteiger partial charge on any atom is -0.335 e. The first-order chi connectivity index (χ1) is 11.8. The molecule has 0 unspecified atom stereocenters. The second-order valence-electron chi connectivity index (χ2n) is 7.17. The van der Waals surface area contributed by atoms with Crippen LogP contribution in [-0.4, -0.2) is 61.3 Å². The Kier molecular flexibility index (Phi) is 6.08. The number of nitrogens with zero attached hydrogens (tertiary/aromatic N) is 2. The van der Waals surface area contributed by atoms with E-state index in [1.54, 1.807) is 0 Å². The summed E-state index contributed by atoms with van der Waals surface area (Å²) in [5.74, 6) is 0.385. The molecule has 8 heteroatoms. The van der Waals surface area contributed by atoms with Crippen LogP contribution in [0, 0.1) is 0 Å². The number of carbonyl (C=O) groups excluding carboxylic acids is 1. The van der Waals surface area contributed by atoms with Crippen molar-refractivity contribution >= 4 is 38.7 Å². The second-order valence-corrected chi connectivity index (χ2v) is 11.2. The molecular weight excluding hydrogens is 380 g/mol. The van der Waals surface area contributed by atoms with Gasteiger partial charge in [0.25, 0.3) is 0 Å². The van der Waals surface area contributed by atoms with Crippen molar-refractivity contribution in [2.45, 2.75) is 50.7 Å². The molecule has 1 atom stereocenters. The molecule has 1 saturated carbocycles. The van der Waals surface area contributed by atoms with Gasteiger partial charge in [-0.2, -0.15) is 0 Å². The Morgan fingerprint density at radius 2 is 1.96 bits per heavy atom. The van der Waals surface area contributed by atoms with E-state index in [0.29, 0.717) is 19.5 Å². The molecule has 1 aliphatic heterocycles. The molecule has 1 aliphatic carbocycles. The fraction of sp³-hybridized carbons (Fsp3) is 0.706. The molecule has 0 bridgehead atoms. The summed E-state index contributed by atoms with van der Waals surface area (Å²) in [4.78, 5) is 18.0. The molecule has 1 amide bonds. The lowest BCUT2D eigenvalue weighted by Crippen LogP contribution is -2.50. The summed E-state index contributed by atoms with van der Waals surface area (Å²) in [6.45, 7) is 0.979. The third-order valence-electron chi connectivity index (χ3n) is 5.07. The summed E-state index contributed by atoms with van der Waals surface area (Å²) >= 11 is 7.49. The predicted octanol–water partition coefficient (Wildman–Crippen LogP) is 2.79. The lowest BCUT2D eigenvalue weighted by atomic mass is 10.1. The molecule has 0 N–H and O–H groups in total. The number of likely N-dealkylation sites (N-methyl/N-ethyl adjacent to an activating group) is 1. The second kappa shape index (κ2) is 7.94. The summed E-state index contributed by atoms with van der Waals surface area (Å²) in [5.41, 5.74) is 0. The van der Waals surface area contributed by atoms with Crippen molar-refractivity contribution in [2.75, 3.05) is 25.1 Å². The number of amides is 1. The Bertz CT molecular complexity index is 713. The summed E-state index contributed by atoms with van der Waals surface area (Å²) in [5, 5.41) is 0. The van der Waals surface area contributed by atoms with Crippen molar-refractivity contribution in [3.63, 3.8) is 0 Å². The smallest absolute Gasteiger partial charge is 0.237 e. The first kappa shape index (κ1) is 19.1. The van der Waals surface area contributed by atoms with Gasteiger partial charge >= 0.3 is 0 Å². The number of carbonyl (C=O) groups is 1. The number of sulfone groups is 1. The minimum atomic E-state index is -3.00. The van der Waals surface area contributed by atoms with E-state index in [-0.39, 0.29) is 29.5 Å². The molecule has 3 rings (SSSR count). The van der Waals surface area contributed by atoms with Gasteiger partial charge in [0.15, 0.2) is 9.84 Å². The molecule has 5 nitrogen and oxygen atoms in total. The summed E-state index contributed by atoms with van der Waals surface area (Å²) < 4.78 is 24.5. The Labute approximate surface area is 158 Å². The van der Waals surface area contributed by atoms with Crippen molar-refractivity contribution < 1.29 is 13.2 Å². The summed E-state index contributed by atoms with van der Waals surface area (Å²) in [7, 11) is -1.08. The third kappa shape index (κ3) is 4.96. The van der Waals surface area contributed by atoms with Crippen LogP contribution in [0.1, 0.15) is 37.0 Å². The van der Waals surface area contributed by atoms with Crippen molar-refractivity contribution in [2.24, 2.45) is 0 Å². The van der Waals surface area contributed by atoms with E-state index >= 15 is 0 Å². The lowest BCUT2D eigenvalue weighted by Gasteiger charge is -2.35. The highest BCUT2D eigenvalue weighted by Gasteiger charge is 2.39. The molecule has 1 saturated heterocycles. The molecule has 140 valence electrons. The van der Waals surface area contributed by atoms with Crippen LogP contribution < -0.4 is 0 Å². The Balaban J connectivity index is 1.66. The molecule has 0 aromatic carbocycles. The van der Waals surface area contributed by atoms with Gasteiger partial charge in [-0.1, -0.05) is 24.4 Å². The topological polar surface area (TPSA) is 57.7 Å². The van der Waals surface area contributed by atoms with E-state index in [0.717, 1.165) is 34.9 Å². The van der Waals surface area contributed by atoms with Gasteiger partial charge in [0.2, 0.25) is 5.91 Å². The highest BCUT2D eigenvalue weighted by Crippen LogP contribution is 2.29. The van der Waals surface area contributed by atoms with E-state index in [9.17, 15) is 13.2 Å². The van der Waals surface area contributed by atoms with Crippen molar-refractivity contribution in [3.8, 4) is 0 Å². The van der Waals surface area contributed by atoms with E-state index in [1.165, 1.54) is 11.3 Å². The number of hydrogen-bond donors (Lipinski definition) is 0. The summed E-state index contributed by atoms with van der Waals surface area (Å²) in [6.07, 6.45) is 4.81. The maximum Gasteiger partial charge on any atom is 0.237 e. The van der Waals surface area contributed by atoms with Crippen molar-refractivity contribution in [3.05, 3.63) is 21.3 Å². The molecule has 2 heterocycles. The van der Waals surface area contributed by atoms with E-state index < -0.39 is 9.84 Å². The number of halogens is 1.